The Kier molecular flexibility index (Phi) is 3.09. The molecule has 0 aliphatic carbocycles. The number of rotatable bonds is 3. The first-order valence-corrected chi connectivity index (χ1v) is 5.13. The van der Waals surface area contributed by atoms with E-state index in [1.54, 1.807) is 41.4 Å². The van der Waals surface area contributed by atoms with Crippen molar-refractivity contribution in [2.45, 2.75) is 0 Å². The number of anilines is 1. The van der Waals surface area contributed by atoms with E-state index < -0.39 is 0 Å². The summed E-state index contributed by atoms with van der Waals surface area (Å²) in [6.45, 7) is 0. The van der Waals surface area contributed by atoms with Crippen molar-refractivity contribution in [1.29, 1.82) is 0 Å². The number of phenols is 1. The molecule has 1 aromatic carbocycles. The van der Waals surface area contributed by atoms with Crippen LogP contribution < -0.4 is 9.64 Å². The fourth-order valence-electron chi connectivity index (χ4n) is 1.26. The second kappa shape index (κ2) is 4.69. The quantitative estimate of drug-likeness (QED) is 0.876. The van der Waals surface area contributed by atoms with E-state index in [0.717, 1.165) is 0 Å². The van der Waals surface area contributed by atoms with E-state index in [2.05, 4.69) is 9.97 Å². The van der Waals surface area contributed by atoms with Crippen molar-refractivity contribution >= 4 is 5.95 Å². The number of aromatic hydroxyl groups is 1. The third-order valence-electron chi connectivity index (χ3n) is 2.10. The van der Waals surface area contributed by atoms with Gasteiger partial charge in [0.05, 0.1) is 0 Å². The van der Waals surface area contributed by atoms with Crippen LogP contribution in [0.15, 0.2) is 36.5 Å². The van der Waals surface area contributed by atoms with Crippen LogP contribution in [0, 0.1) is 0 Å². The zero-order valence-electron chi connectivity index (χ0n) is 9.66. The highest BCUT2D eigenvalue weighted by Crippen LogP contribution is 2.29. The zero-order valence-corrected chi connectivity index (χ0v) is 9.66. The monoisotopic (exact) mass is 231 g/mol. The average molecular weight is 231 g/mol. The fraction of sp³-hybridized carbons (Fsp3) is 0.167. The van der Waals surface area contributed by atoms with Gasteiger partial charge in [0, 0.05) is 26.4 Å². The lowest BCUT2D eigenvalue weighted by atomic mass is 10.3. The highest BCUT2D eigenvalue weighted by molar-refractivity contribution is 5.41. The summed E-state index contributed by atoms with van der Waals surface area (Å²) in [5, 5.41) is 9.57. The van der Waals surface area contributed by atoms with Gasteiger partial charge in [0.25, 0.3) is 0 Å². The average Bonchev–Trinajstić information content (AvgIpc) is 2.32. The first-order valence-electron chi connectivity index (χ1n) is 5.13. The summed E-state index contributed by atoms with van der Waals surface area (Å²) in [4.78, 5) is 10.0. The lowest BCUT2D eigenvalue weighted by molar-refractivity contribution is 0.402. The first kappa shape index (κ1) is 11.2. The lowest BCUT2D eigenvalue weighted by Crippen LogP contribution is -2.12. The molecule has 0 saturated carbocycles. The third-order valence-corrected chi connectivity index (χ3v) is 2.10. The van der Waals surface area contributed by atoms with E-state index in [1.807, 2.05) is 14.1 Å². The summed E-state index contributed by atoms with van der Waals surface area (Å²) in [5.41, 5.74) is 0. The van der Waals surface area contributed by atoms with Crippen molar-refractivity contribution < 1.29 is 9.84 Å². The van der Waals surface area contributed by atoms with E-state index in [0.29, 0.717) is 17.6 Å². The SMILES string of the molecule is CN(C)c1nccc(Oc2ccccc2O)n1. The van der Waals surface area contributed by atoms with Crippen LogP contribution in [0.3, 0.4) is 0 Å². The molecule has 88 valence electrons. The molecule has 0 fully saturated rings. The maximum Gasteiger partial charge on any atom is 0.228 e. The number of ether oxygens (including phenoxy) is 1. The van der Waals surface area contributed by atoms with Gasteiger partial charge >= 0.3 is 0 Å². The smallest absolute Gasteiger partial charge is 0.228 e. The second-order valence-corrected chi connectivity index (χ2v) is 3.66. The third kappa shape index (κ3) is 2.63. The van der Waals surface area contributed by atoms with Crippen molar-refractivity contribution in [1.82, 2.24) is 9.97 Å². The van der Waals surface area contributed by atoms with Crippen molar-refractivity contribution in [2.75, 3.05) is 19.0 Å². The molecule has 1 N–H and O–H groups in total. The van der Waals surface area contributed by atoms with Crippen molar-refractivity contribution in [3.8, 4) is 17.4 Å². The van der Waals surface area contributed by atoms with Crippen LogP contribution in [-0.2, 0) is 0 Å². The van der Waals surface area contributed by atoms with Gasteiger partial charge in [-0.05, 0) is 12.1 Å². The van der Waals surface area contributed by atoms with Gasteiger partial charge in [-0.3, -0.25) is 0 Å². The standard InChI is InChI=1S/C12H13N3O2/c1-15(2)12-13-8-7-11(14-12)17-10-6-4-3-5-9(10)16/h3-8,16H,1-2H3. The van der Waals surface area contributed by atoms with E-state index in [4.69, 9.17) is 4.74 Å². The fourth-order valence-corrected chi connectivity index (χ4v) is 1.26. The van der Waals surface area contributed by atoms with Crippen LogP contribution >= 0.6 is 0 Å². The molecule has 1 aromatic heterocycles. The van der Waals surface area contributed by atoms with E-state index in [9.17, 15) is 5.11 Å². The number of hydrogen-bond acceptors (Lipinski definition) is 5. The number of nitrogens with zero attached hydrogens (tertiary/aromatic N) is 3. The van der Waals surface area contributed by atoms with Gasteiger partial charge < -0.3 is 14.7 Å². The summed E-state index contributed by atoms with van der Waals surface area (Å²) < 4.78 is 5.47. The lowest BCUT2D eigenvalue weighted by Gasteiger charge is -2.11. The molecule has 17 heavy (non-hydrogen) atoms. The Morgan fingerprint density at radius 3 is 2.65 bits per heavy atom. The normalized spacial score (nSPS) is 10.0. The molecule has 0 saturated heterocycles. The maximum absolute atomic E-state index is 9.57. The predicted octanol–water partition coefficient (Wildman–Crippen LogP) is 2.04. The molecule has 0 bridgehead atoms. The molecule has 1 heterocycles. The molecular formula is C12H13N3O2. The first-order chi connectivity index (χ1) is 8.16. The van der Waals surface area contributed by atoms with Gasteiger partial charge in [0.15, 0.2) is 11.5 Å². The minimum absolute atomic E-state index is 0.0810. The van der Waals surface area contributed by atoms with Crippen LogP contribution in [0.5, 0.6) is 17.4 Å². The second-order valence-electron chi connectivity index (χ2n) is 3.66. The number of aromatic nitrogens is 2. The Balaban J connectivity index is 2.25. The topological polar surface area (TPSA) is 58.5 Å². The van der Waals surface area contributed by atoms with Gasteiger partial charge in [0.1, 0.15) is 0 Å². The molecule has 2 aromatic rings. The van der Waals surface area contributed by atoms with E-state index in [1.165, 1.54) is 0 Å². The molecule has 0 atom stereocenters. The minimum atomic E-state index is 0.0810. The Labute approximate surface area is 99.3 Å². The summed E-state index contributed by atoms with van der Waals surface area (Å²) in [6, 6.07) is 8.38. The largest absolute Gasteiger partial charge is 0.504 e. The molecule has 2 rings (SSSR count). The summed E-state index contributed by atoms with van der Waals surface area (Å²) in [7, 11) is 3.69. The van der Waals surface area contributed by atoms with Crippen LogP contribution in [0.1, 0.15) is 0 Å². The Morgan fingerprint density at radius 1 is 1.18 bits per heavy atom. The van der Waals surface area contributed by atoms with Crippen LogP contribution in [0.25, 0.3) is 0 Å². The highest BCUT2D eigenvalue weighted by atomic mass is 16.5. The summed E-state index contributed by atoms with van der Waals surface area (Å²) in [5.74, 6) is 1.40. The van der Waals surface area contributed by atoms with Crippen molar-refractivity contribution in [3.63, 3.8) is 0 Å². The van der Waals surface area contributed by atoms with Gasteiger partial charge in [-0.2, -0.15) is 4.98 Å². The van der Waals surface area contributed by atoms with Gasteiger partial charge in [-0.15, -0.1) is 0 Å². The van der Waals surface area contributed by atoms with Crippen LogP contribution in [-0.4, -0.2) is 29.2 Å². The van der Waals surface area contributed by atoms with Crippen LogP contribution in [0.2, 0.25) is 0 Å². The highest BCUT2D eigenvalue weighted by Gasteiger charge is 2.05. The maximum atomic E-state index is 9.57. The number of phenolic OH excluding ortho intramolecular Hbond substituents is 1. The number of hydrogen-bond donors (Lipinski definition) is 1. The van der Waals surface area contributed by atoms with Gasteiger partial charge in [-0.25, -0.2) is 4.98 Å². The molecule has 5 nitrogen and oxygen atoms in total. The zero-order chi connectivity index (χ0) is 12.3. The Hall–Kier alpha value is -2.30. The molecule has 0 amide bonds. The Bertz CT molecular complexity index is 515. The summed E-state index contributed by atoms with van der Waals surface area (Å²) >= 11 is 0. The molecule has 0 spiro atoms. The number of benzene rings is 1. The predicted molar refractivity (Wildman–Crippen MR) is 64.5 cm³/mol. The molecule has 0 radical (unpaired) electrons. The molecular weight excluding hydrogens is 218 g/mol. The molecule has 0 aliphatic heterocycles. The molecule has 0 unspecified atom stereocenters. The van der Waals surface area contributed by atoms with Crippen LogP contribution in [0.4, 0.5) is 5.95 Å². The van der Waals surface area contributed by atoms with E-state index >= 15 is 0 Å². The molecule has 0 aliphatic rings. The van der Waals surface area contributed by atoms with Gasteiger partial charge in [-0.1, -0.05) is 12.1 Å². The summed E-state index contributed by atoms with van der Waals surface area (Å²) in [6.07, 6.45) is 1.61. The van der Waals surface area contributed by atoms with Crippen molar-refractivity contribution in [2.24, 2.45) is 0 Å². The minimum Gasteiger partial charge on any atom is -0.504 e. The van der Waals surface area contributed by atoms with Crippen molar-refractivity contribution in [3.05, 3.63) is 36.5 Å². The number of para-hydroxylation sites is 2. The van der Waals surface area contributed by atoms with E-state index in [-0.39, 0.29) is 5.75 Å². The molecule has 5 heteroatoms. The Morgan fingerprint density at radius 2 is 1.94 bits per heavy atom. The van der Waals surface area contributed by atoms with Gasteiger partial charge in [0.2, 0.25) is 11.8 Å².